The first-order valence-corrected chi connectivity index (χ1v) is 11.4. The topological polar surface area (TPSA) is 3.24 Å². The highest BCUT2D eigenvalue weighted by Gasteiger charge is 2.60. The first-order valence-electron chi connectivity index (χ1n) is 11.4. The number of likely N-dealkylation sites (tertiary alicyclic amines) is 1. The number of rotatable bonds is 1. The van der Waals surface area contributed by atoms with Gasteiger partial charge in [0, 0.05) is 17.7 Å². The predicted molar refractivity (Wildman–Crippen MR) is 119 cm³/mol. The summed E-state index contributed by atoms with van der Waals surface area (Å²) >= 11 is 0. The van der Waals surface area contributed by atoms with Gasteiger partial charge in [-0.05, 0) is 80.2 Å². The van der Waals surface area contributed by atoms with Crippen LogP contribution in [-0.2, 0) is 0 Å². The Balaban J connectivity index is 0.000000614. The third-order valence-corrected chi connectivity index (χ3v) is 8.75. The number of nitrogens with zero attached hydrogens (tertiary/aromatic N) is 1. The Morgan fingerprint density at radius 1 is 1.04 bits per heavy atom. The van der Waals surface area contributed by atoms with Gasteiger partial charge in [0.2, 0.25) is 0 Å². The van der Waals surface area contributed by atoms with Crippen molar-refractivity contribution in [2.24, 2.45) is 40.4 Å². The molecule has 0 aromatic heterocycles. The molecule has 0 N–H and O–H groups in total. The Morgan fingerprint density at radius 3 is 2.33 bits per heavy atom. The molecule has 1 heterocycles. The van der Waals surface area contributed by atoms with Crippen molar-refractivity contribution >= 4 is 0 Å². The number of fused-ring (bicyclic) bond motifs is 5. The molecule has 3 aliphatic carbocycles. The van der Waals surface area contributed by atoms with Gasteiger partial charge in [0.1, 0.15) is 0 Å². The molecule has 3 fully saturated rings. The molecule has 0 amide bonds. The standard InChI is InChI=1S/C22H35N.C2H6.C2H2/c1-6-12-23-13-11-22(5)18-9-10-21(4)16(3)7-8-17(21)20(18)15(2)14-19(22)23;2*1-2/h6,12,14-18,20H,7-11,13H2,1-5H3;1-2H3;1-2H/b12-6-;;. The van der Waals surface area contributed by atoms with Crippen molar-refractivity contribution in [3.63, 3.8) is 0 Å². The van der Waals surface area contributed by atoms with E-state index in [0.717, 1.165) is 29.6 Å². The van der Waals surface area contributed by atoms with Gasteiger partial charge in [0.25, 0.3) is 0 Å². The van der Waals surface area contributed by atoms with E-state index in [2.05, 4.69) is 70.7 Å². The maximum absolute atomic E-state index is 4.00. The summed E-state index contributed by atoms with van der Waals surface area (Å²) in [6.07, 6.45) is 22.4. The van der Waals surface area contributed by atoms with Gasteiger partial charge in [-0.15, -0.1) is 12.8 Å². The summed E-state index contributed by atoms with van der Waals surface area (Å²) in [5.41, 5.74) is 2.71. The smallest absolute Gasteiger partial charge is 0.0231 e. The van der Waals surface area contributed by atoms with E-state index in [9.17, 15) is 0 Å². The van der Waals surface area contributed by atoms with Crippen molar-refractivity contribution in [1.82, 2.24) is 4.90 Å². The summed E-state index contributed by atoms with van der Waals surface area (Å²) in [7, 11) is 0. The molecule has 0 spiro atoms. The molecule has 0 aromatic carbocycles. The van der Waals surface area contributed by atoms with Crippen molar-refractivity contribution in [1.29, 1.82) is 0 Å². The number of hydrogen-bond acceptors (Lipinski definition) is 1. The summed E-state index contributed by atoms with van der Waals surface area (Å²) in [6.45, 7) is 17.6. The van der Waals surface area contributed by atoms with Gasteiger partial charge in [0.15, 0.2) is 0 Å². The minimum absolute atomic E-state index is 0.434. The van der Waals surface area contributed by atoms with Crippen LogP contribution in [0.5, 0.6) is 0 Å². The van der Waals surface area contributed by atoms with Gasteiger partial charge in [-0.1, -0.05) is 53.7 Å². The Kier molecular flexibility index (Phi) is 6.94. The van der Waals surface area contributed by atoms with Crippen molar-refractivity contribution in [3.8, 4) is 12.8 Å². The molecule has 1 heteroatoms. The fraction of sp³-hybridized carbons (Fsp3) is 0.769. The molecule has 152 valence electrons. The lowest BCUT2D eigenvalue weighted by atomic mass is 9.48. The molecule has 7 atom stereocenters. The minimum Gasteiger partial charge on any atom is -0.351 e. The second kappa shape index (κ2) is 8.46. The van der Waals surface area contributed by atoms with Crippen LogP contribution in [0.1, 0.15) is 80.6 Å². The van der Waals surface area contributed by atoms with Gasteiger partial charge in [-0.3, -0.25) is 0 Å². The molecule has 0 aromatic rings. The van der Waals surface area contributed by atoms with Gasteiger partial charge in [0.05, 0.1) is 0 Å². The first-order chi connectivity index (χ1) is 12.9. The Hall–Kier alpha value is -1.16. The maximum atomic E-state index is 4.00. The molecular weight excluding hydrogens is 326 g/mol. The Labute approximate surface area is 169 Å². The van der Waals surface area contributed by atoms with Crippen molar-refractivity contribution in [2.75, 3.05) is 6.54 Å². The molecule has 2 saturated carbocycles. The lowest BCUT2D eigenvalue weighted by Crippen LogP contribution is -2.50. The van der Waals surface area contributed by atoms with Crippen LogP contribution in [0, 0.1) is 53.3 Å². The van der Waals surface area contributed by atoms with Gasteiger partial charge < -0.3 is 4.90 Å². The summed E-state index contributed by atoms with van der Waals surface area (Å²) in [6, 6.07) is 0. The minimum atomic E-state index is 0.434. The van der Waals surface area contributed by atoms with E-state index in [4.69, 9.17) is 0 Å². The molecular formula is C26H43N. The number of allylic oxidation sites excluding steroid dienone is 3. The summed E-state index contributed by atoms with van der Waals surface area (Å²) in [5, 5.41) is 0. The number of hydrogen-bond donors (Lipinski definition) is 0. The van der Waals surface area contributed by atoms with Crippen LogP contribution in [-0.4, -0.2) is 11.4 Å². The fourth-order valence-corrected chi connectivity index (χ4v) is 7.22. The van der Waals surface area contributed by atoms with Crippen LogP contribution < -0.4 is 0 Å². The molecule has 0 bridgehead atoms. The quantitative estimate of drug-likeness (QED) is 0.445. The van der Waals surface area contributed by atoms with E-state index in [-0.39, 0.29) is 0 Å². The number of terminal acetylenes is 1. The Bertz CT molecular complexity index is 584. The highest BCUT2D eigenvalue weighted by atomic mass is 15.2. The lowest BCUT2D eigenvalue weighted by Gasteiger charge is -2.57. The molecule has 27 heavy (non-hydrogen) atoms. The average molecular weight is 370 g/mol. The second-order valence-electron chi connectivity index (χ2n) is 9.57. The van der Waals surface area contributed by atoms with Gasteiger partial charge in [-0.2, -0.15) is 0 Å². The molecule has 1 aliphatic heterocycles. The van der Waals surface area contributed by atoms with Crippen LogP contribution in [0.2, 0.25) is 0 Å². The van der Waals surface area contributed by atoms with Gasteiger partial charge in [-0.25, -0.2) is 0 Å². The average Bonchev–Trinajstić information content (AvgIpc) is 3.17. The first kappa shape index (κ1) is 22.1. The van der Waals surface area contributed by atoms with E-state index in [1.807, 2.05) is 13.8 Å². The zero-order valence-electron chi connectivity index (χ0n) is 19.0. The van der Waals surface area contributed by atoms with Crippen molar-refractivity contribution < 1.29 is 0 Å². The van der Waals surface area contributed by atoms with Crippen LogP contribution in [0.4, 0.5) is 0 Å². The fourth-order valence-electron chi connectivity index (χ4n) is 7.22. The molecule has 4 aliphatic rings. The summed E-state index contributed by atoms with van der Waals surface area (Å²) in [4.78, 5) is 2.55. The SMILES string of the molecule is C#C.C/C=C\N1CCC2(C)C1=CC(C)C1C2CCC2(C)C(C)CCC12.CC. The predicted octanol–water partition coefficient (Wildman–Crippen LogP) is 7.12. The summed E-state index contributed by atoms with van der Waals surface area (Å²) in [5.74, 6) is 4.50. The highest BCUT2D eigenvalue weighted by Crippen LogP contribution is 2.67. The molecule has 1 nitrogen and oxygen atoms in total. The molecule has 7 unspecified atom stereocenters. The van der Waals surface area contributed by atoms with E-state index >= 15 is 0 Å². The maximum Gasteiger partial charge on any atom is 0.0231 e. The molecule has 0 radical (unpaired) electrons. The van der Waals surface area contributed by atoms with E-state index in [0.29, 0.717) is 10.8 Å². The van der Waals surface area contributed by atoms with Crippen LogP contribution in [0.25, 0.3) is 0 Å². The summed E-state index contributed by atoms with van der Waals surface area (Å²) < 4.78 is 0. The zero-order chi connectivity index (χ0) is 20.4. The highest BCUT2D eigenvalue weighted by molar-refractivity contribution is 5.28. The normalized spacial score (nSPS) is 44.9. The Morgan fingerprint density at radius 2 is 1.70 bits per heavy atom. The lowest BCUT2D eigenvalue weighted by molar-refractivity contribution is -0.0486. The molecule has 1 saturated heterocycles. The zero-order valence-corrected chi connectivity index (χ0v) is 19.0. The third kappa shape index (κ3) is 3.28. The van der Waals surface area contributed by atoms with Gasteiger partial charge >= 0.3 is 0 Å². The van der Waals surface area contributed by atoms with Crippen LogP contribution >= 0.6 is 0 Å². The monoisotopic (exact) mass is 369 g/mol. The van der Waals surface area contributed by atoms with Crippen molar-refractivity contribution in [2.45, 2.75) is 80.6 Å². The van der Waals surface area contributed by atoms with Crippen molar-refractivity contribution in [3.05, 3.63) is 24.0 Å². The van der Waals surface area contributed by atoms with Crippen LogP contribution in [0.3, 0.4) is 0 Å². The van der Waals surface area contributed by atoms with E-state index < -0.39 is 0 Å². The second-order valence-corrected chi connectivity index (χ2v) is 9.57. The molecule has 4 rings (SSSR count). The third-order valence-electron chi connectivity index (χ3n) is 8.75. The largest absolute Gasteiger partial charge is 0.351 e. The van der Waals surface area contributed by atoms with E-state index in [1.54, 1.807) is 5.70 Å². The van der Waals surface area contributed by atoms with E-state index in [1.165, 1.54) is 38.6 Å². The van der Waals surface area contributed by atoms with Crippen LogP contribution in [0.15, 0.2) is 24.0 Å².